The molecule has 4 aromatic rings. The van der Waals surface area contributed by atoms with Gasteiger partial charge in [-0.05, 0) is 37.3 Å². The first-order valence-corrected chi connectivity index (χ1v) is 10.5. The van der Waals surface area contributed by atoms with Crippen LogP contribution in [0.25, 0.3) is 22.6 Å². The van der Waals surface area contributed by atoms with Crippen molar-refractivity contribution in [2.24, 2.45) is 0 Å². The van der Waals surface area contributed by atoms with Crippen LogP contribution < -0.4 is 14.8 Å². The van der Waals surface area contributed by atoms with Crippen LogP contribution in [0.15, 0.2) is 52.4 Å². The monoisotopic (exact) mass is 470 g/mol. The summed E-state index contributed by atoms with van der Waals surface area (Å²) in [5, 5.41) is 6.14. The quantitative estimate of drug-likeness (QED) is 0.359. The first kappa shape index (κ1) is 19.5. The van der Waals surface area contributed by atoms with Gasteiger partial charge in [-0.15, -0.1) is 11.3 Å². The topological polar surface area (TPSA) is 72.1 Å². The molecule has 2 aromatic carbocycles. The predicted octanol–water partition coefficient (Wildman–Crippen LogP) is 6.03. The van der Waals surface area contributed by atoms with Gasteiger partial charge >= 0.3 is 0 Å². The third-order valence-corrected chi connectivity index (χ3v) is 5.61. The average Bonchev–Trinajstić information content (AvgIpc) is 3.37. The predicted molar refractivity (Wildman–Crippen MR) is 120 cm³/mol. The Morgan fingerprint density at radius 2 is 1.83 bits per heavy atom. The Labute approximate surface area is 181 Å². The summed E-state index contributed by atoms with van der Waals surface area (Å²) in [6.07, 6.45) is 1.87. The Bertz CT molecular complexity index is 1160. The van der Waals surface area contributed by atoms with Gasteiger partial charge in [-0.2, -0.15) is 0 Å². The zero-order chi connectivity index (χ0) is 20.4. The van der Waals surface area contributed by atoms with Crippen LogP contribution >= 0.6 is 27.3 Å². The summed E-state index contributed by atoms with van der Waals surface area (Å²) in [7, 11) is 3.31. The molecule has 2 heterocycles. The minimum atomic E-state index is 0.731. The van der Waals surface area contributed by atoms with E-state index in [1.165, 1.54) is 11.3 Å². The Kier molecular flexibility index (Phi) is 5.55. The molecule has 6 nitrogen and oxygen atoms in total. The standard InChI is InChI=1S/C21H19BrN4O2S/c1-12-10-23-20(24-12)15-6-5-14(9-19(15)28-3)25-21-26-17(11-29-21)16-8-13(22)4-7-18(16)27-2/h4-11H,1-3H3,(H,23,24)(H,25,26). The van der Waals surface area contributed by atoms with Gasteiger partial charge in [0.15, 0.2) is 5.13 Å². The van der Waals surface area contributed by atoms with Crippen LogP contribution in [0.3, 0.4) is 0 Å². The van der Waals surface area contributed by atoms with Gasteiger partial charge in [0.1, 0.15) is 17.3 Å². The average molecular weight is 471 g/mol. The molecule has 0 unspecified atom stereocenters. The van der Waals surface area contributed by atoms with E-state index in [1.54, 1.807) is 14.2 Å². The number of aromatic amines is 1. The smallest absolute Gasteiger partial charge is 0.187 e. The van der Waals surface area contributed by atoms with E-state index < -0.39 is 0 Å². The molecule has 0 atom stereocenters. The summed E-state index contributed by atoms with van der Waals surface area (Å²) in [5.74, 6) is 2.30. The summed E-state index contributed by atoms with van der Waals surface area (Å²) in [5.41, 5.74) is 4.51. The summed E-state index contributed by atoms with van der Waals surface area (Å²) in [6.45, 7) is 1.95. The second-order valence-corrected chi connectivity index (χ2v) is 8.09. The lowest BCUT2D eigenvalue weighted by molar-refractivity contribution is 0.416. The number of nitrogens with zero attached hydrogens (tertiary/aromatic N) is 2. The highest BCUT2D eigenvalue weighted by molar-refractivity contribution is 9.10. The van der Waals surface area contributed by atoms with E-state index in [4.69, 9.17) is 14.5 Å². The number of halogens is 1. The van der Waals surface area contributed by atoms with Crippen molar-refractivity contribution in [2.75, 3.05) is 19.5 Å². The van der Waals surface area contributed by atoms with Gasteiger partial charge in [0.2, 0.25) is 0 Å². The molecule has 0 fully saturated rings. The van der Waals surface area contributed by atoms with E-state index >= 15 is 0 Å². The molecule has 0 bridgehead atoms. The Morgan fingerprint density at radius 1 is 1.00 bits per heavy atom. The van der Waals surface area contributed by atoms with Crippen LogP contribution in [-0.2, 0) is 0 Å². The van der Waals surface area contributed by atoms with Gasteiger partial charge in [0.25, 0.3) is 0 Å². The largest absolute Gasteiger partial charge is 0.496 e. The number of nitrogens with one attached hydrogen (secondary N) is 2. The zero-order valence-electron chi connectivity index (χ0n) is 16.1. The lowest BCUT2D eigenvalue weighted by Gasteiger charge is -2.10. The number of hydrogen-bond acceptors (Lipinski definition) is 6. The minimum Gasteiger partial charge on any atom is -0.496 e. The molecule has 2 N–H and O–H groups in total. The van der Waals surface area contributed by atoms with Gasteiger partial charge in [0.05, 0.1) is 31.2 Å². The molecule has 0 saturated carbocycles. The second kappa shape index (κ2) is 8.26. The number of aryl methyl sites for hydroxylation is 1. The van der Waals surface area contributed by atoms with E-state index in [9.17, 15) is 0 Å². The van der Waals surface area contributed by atoms with Crippen molar-refractivity contribution in [3.8, 4) is 34.1 Å². The molecule has 4 rings (SSSR count). The molecule has 29 heavy (non-hydrogen) atoms. The van der Waals surface area contributed by atoms with Crippen molar-refractivity contribution in [3.63, 3.8) is 0 Å². The number of imidazole rings is 1. The van der Waals surface area contributed by atoms with Crippen LogP contribution in [0.5, 0.6) is 11.5 Å². The number of methoxy groups -OCH3 is 2. The van der Waals surface area contributed by atoms with E-state index in [0.717, 1.165) is 55.1 Å². The number of H-pyrrole nitrogens is 1. The van der Waals surface area contributed by atoms with Crippen molar-refractivity contribution >= 4 is 38.1 Å². The van der Waals surface area contributed by atoms with Gasteiger partial charge in [-0.1, -0.05) is 15.9 Å². The Hall–Kier alpha value is -2.84. The van der Waals surface area contributed by atoms with E-state index in [-0.39, 0.29) is 0 Å². The van der Waals surface area contributed by atoms with Gasteiger partial charge < -0.3 is 19.8 Å². The summed E-state index contributed by atoms with van der Waals surface area (Å²) < 4.78 is 12.0. The maximum absolute atomic E-state index is 5.57. The second-order valence-electron chi connectivity index (χ2n) is 6.31. The fourth-order valence-corrected chi connectivity index (χ4v) is 4.07. The highest BCUT2D eigenvalue weighted by atomic mass is 79.9. The molecule has 8 heteroatoms. The number of aromatic nitrogens is 3. The first-order valence-electron chi connectivity index (χ1n) is 8.84. The number of rotatable bonds is 6. The lowest BCUT2D eigenvalue weighted by Crippen LogP contribution is -1.94. The maximum atomic E-state index is 5.57. The highest BCUT2D eigenvalue weighted by Gasteiger charge is 2.13. The number of anilines is 2. The molecular weight excluding hydrogens is 452 g/mol. The zero-order valence-corrected chi connectivity index (χ0v) is 18.5. The number of benzene rings is 2. The normalized spacial score (nSPS) is 10.8. The molecule has 0 radical (unpaired) electrons. The summed E-state index contributed by atoms with van der Waals surface area (Å²) in [4.78, 5) is 12.4. The van der Waals surface area contributed by atoms with Crippen LogP contribution in [0.4, 0.5) is 10.8 Å². The SMILES string of the molecule is COc1ccc(Br)cc1-c1csc(Nc2ccc(-c3nc(C)c[nH]3)c(OC)c2)n1. The number of hydrogen-bond donors (Lipinski definition) is 2. The van der Waals surface area contributed by atoms with Crippen molar-refractivity contribution in [2.45, 2.75) is 6.92 Å². The van der Waals surface area contributed by atoms with Crippen LogP contribution in [0.2, 0.25) is 0 Å². The van der Waals surface area contributed by atoms with Gasteiger partial charge in [-0.25, -0.2) is 9.97 Å². The Balaban J connectivity index is 1.60. The van der Waals surface area contributed by atoms with Crippen molar-refractivity contribution in [1.29, 1.82) is 0 Å². The lowest BCUT2D eigenvalue weighted by atomic mass is 10.1. The van der Waals surface area contributed by atoms with Crippen molar-refractivity contribution in [1.82, 2.24) is 15.0 Å². The Morgan fingerprint density at radius 3 is 2.55 bits per heavy atom. The molecule has 0 aliphatic rings. The third kappa shape index (κ3) is 4.13. The molecular formula is C21H19BrN4O2S. The molecule has 148 valence electrons. The fraction of sp³-hybridized carbons (Fsp3) is 0.143. The molecule has 0 aliphatic carbocycles. The van der Waals surface area contributed by atoms with Crippen molar-refractivity contribution < 1.29 is 9.47 Å². The minimum absolute atomic E-state index is 0.731. The van der Waals surface area contributed by atoms with Crippen LogP contribution in [0, 0.1) is 6.92 Å². The van der Waals surface area contributed by atoms with Crippen LogP contribution in [0.1, 0.15) is 5.69 Å². The van der Waals surface area contributed by atoms with E-state index in [1.807, 2.05) is 54.9 Å². The van der Waals surface area contributed by atoms with Gasteiger partial charge in [-0.3, -0.25) is 0 Å². The first-order chi connectivity index (χ1) is 14.1. The fourth-order valence-electron chi connectivity index (χ4n) is 2.97. The van der Waals surface area contributed by atoms with Crippen molar-refractivity contribution in [3.05, 3.63) is 58.1 Å². The highest BCUT2D eigenvalue weighted by Crippen LogP contribution is 2.36. The maximum Gasteiger partial charge on any atom is 0.187 e. The number of ether oxygens (including phenoxy) is 2. The van der Waals surface area contributed by atoms with Crippen LogP contribution in [-0.4, -0.2) is 29.2 Å². The number of thiazole rings is 1. The molecule has 0 aliphatic heterocycles. The third-order valence-electron chi connectivity index (χ3n) is 4.36. The molecule has 0 spiro atoms. The summed E-state index contributed by atoms with van der Waals surface area (Å²) in [6, 6.07) is 11.8. The molecule has 2 aromatic heterocycles. The summed E-state index contributed by atoms with van der Waals surface area (Å²) >= 11 is 5.04. The molecule has 0 saturated heterocycles. The van der Waals surface area contributed by atoms with E-state index in [2.05, 4.69) is 31.2 Å². The van der Waals surface area contributed by atoms with E-state index in [0.29, 0.717) is 0 Å². The molecule has 0 amide bonds. The van der Waals surface area contributed by atoms with Gasteiger partial charge in [0, 0.05) is 33.4 Å².